The fourth-order valence-electron chi connectivity index (χ4n) is 4.51. The number of hydrogen-bond donors (Lipinski definition) is 5. The first-order chi connectivity index (χ1) is 20.8. The van der Waals surface area contributed by atoms with Gasteiger partial charge in [-0.3, -0.25) is 9.59 Å². The summed E-state index contributed by atoms with van der Waals surface area (Å²) in [4.78, 5) is 32.8. The second-order valence-electron chi connectivity index (χ2n) is 10.2. The first kappa shape index (κ1) is 35.7. The van der Waals surface area contributed by atoms with Gasteiger partial charge in [-0.1, -0.05) is 62.4 Å². The Hall–Kier alpha value is -4.45. The van der Waals surface area contributed by atoms with Crippen LogP contribution in [0, 0.1) is 0 Å². The zero-order valence-corrected chi connectivity index (χ0v) is 25.4. The molecular weight excluding hydrogens is 570 g/mol. The van der Waals surface area contributed by atoms with E-state index in [-0.39, 0.29) is 0 Å². The number of rotatable bonds is 15. The smallest absolute Gasteiger partial charge is 0.336 e. The van der Waals surface area contributed by atoms with Crippen LogP contribution in [0.3, 0.4) is 0 Å². The van der Waals surface area contributed by atoms with Crippen LogP contribution in [-0.4, -0.2) is 87.3 Å². The summed E-state index contributed by atoms with van der Waals surface area (Å²) < 4.78 is 11.2. The summed E-state index contributed by atoms with van der Waals surface area (Å²) in [5, 5.41) is 45.3. The van der Waals surface area contributed by atoms with E-state index >= 15 is 0 Å². The third-order valence-corrected chi connectivity index (χ3v) is 7.13. The van der Waals surface area contributed by atoms with E-state index < -0.39 is 42.0 Å². The zero-order valence-electron chi connectivity index (χ0n) is 25.4. The van der Waals surface area contributed by atoms with Crippen molar-refractivity contribution in [2.45, 2.75) is 44.8 Å². The molecule has 0 radical (unpaired) electrons. The van der Waals surface area contributed by atoms with Gasteiger partial charge in [0.15, 0.2) is 5.60 Å². The number of aliphatic hydroxyl groups is 2. The molecule has 0 bridgehead atoms. The molecule has 1 unspecified atom stereocenters. The van der Waals surface area contributed by atoms with Crippen molar-refractivity contribution in [3.05, 3.63) is 83.9 Å². The first-order valence-corrected chi connectivity index (χ1v) is 14.1. The van der Waals surface area contributed by atoms with E-state index in [0.717, 1.165) is 53.4 Å². The van der Waals surface area contributed by atoms with E-state index in [0.29, 0.717) is 6.61 Å². The molecule has 44 heavy (non-hydrogen) atoms. The maximum Gasteiger partial charge on any atom is 0.336 e. The van der Waals surface area contributed by atoms with Crippen LogP contribution in [0.15, 0.2) is 72.8 Å². The van der Waals surface area contributed by atoms with Gasteiger partial charge < -0.3 is 39.9 Å². The summed E-state index contributed by atoms with van der Waals surface area (Å²) in [6.07, 6.45) is -2.29. The summed E-state index contributed by atoms with van der Waals surface area (Å²) >= 11 is 0. The van der Waals surface area contributed by atoms with Crippen LogP contribution >= 0.6 is 0 Å². The monoisotopic (exact) mass is 611 g/mol. The minimum absolute atomic E-state index is 0.651. The van der Waals surface area contributed by atoms with Crippen molar-refractivity contribution in [2.24, 2.45) is 0 Å². The number of carboxylic acid groups (broad SMARTS) is 3. The molecule has 0 aromatic heterocycles. The van der Waals surface area contributed by atoms with E-state index in [9.17, 15) is 19.5 Å². The summed E-state index contributed by atoms with van der Waals surface area (Å²) in [7, 11) is 1.66. The summed E-state index contributed by atoms with van der Waals surface area (Å²) in [6.45, 7) is 9.75. The standard InChI is InChI=1S/C27H33NO3.C6H8O7/c1-5-28(6-2)19-20-31-24-17-13-22(14-18-24)27(3,29)26-10-8-7-9-25(26)21-11-15-23(30-4)16-12-21;7-3(8)1-6(13,5(11)12)2-4(9)10/h7-18,29H,5-6,19-20H2,1-4H3;13H,1-2H2,(H,7,8)(H,9,10)(H,11,12). The van der Waals surface area contributed by atoms with E-state index in [4.69, 9.17) is 29.9 Å². The molecule has 0 aliphatic heterocycles. The predicted molar refractivity (Wildman–Crippen MR) is 164 cm³/mol. The number of hydrogen-bond acceptors (Lipinski definition) is 8. The van der Waals surface area contributed by atoms with Gasteiger partial charge in [-0.15, -0.1) is 0 Å². The van der Waals surface area contributed by atoms with E-state index in [2.05, 4.69) is 18.7 Å². The highest BCUT2D eigenvalue weighted by molar-refractivity contribution is 5.88. The van der Waals surface area contributed by atoms with Crippen LogP contribution in [0.1, 0.15) is 44.7 Å². The summed E-state index contributed by atoms with van der Waals surface area (Å²) in [6, 6.07) is 23.6. The molecule has 1 atom stereocenters. The Bertz CT molecular complexity index is 1350. The first-order valence-electron chi connectivity index (χ1n) is 14.1. The number of likely N-dealkylation sites (N-methyl/N-ethyl adjacent to an activating group) is 1. The van der Waals surface area contributed by atoms with Gasteiger partial charge in [-0.2, -0.15) is 0 Å². The molecular formula is C33H41NO10. The molecule has 3 rings (SSSR count). The topological polar surface area (TPSA) is 174 Å². The Labute approximate surface area is 256 Å². The Morgan fingerprint density at radius 1 is 0.773 bits per heavy atom. The molecule has 0 fully saturated rings. The molecule has 0 amide bonds. The van der Waals surface area contributed by atoms with Crippen molar-refractivity contribution in [3.63, 3.8) is 0 Å². The molecule has 0 aliphatic rings. The number of benzene rings is 3. The fraction of sp³-hybridized carbons (Fsp3) is 0.364. The lowest BCUT2D eigenvalue weighted by Gasteiger charge is -2.27. The Balaban J connectivity index is 0.000000439. The number of carbonyl (C=O) groups is 3. The molecule has 0 aliphatic carbocycles. The lowest BCUT2D eigenvalue weighted by Crippen LogP contribution is -2.42. The highest BCUT2D eigenvalue weighted by Crippen LogP contribution is 2.37. The molecule has 0 spiro atoms. The van der Waals surface area contributed by atoms with Crippen molar-refractivity contribution < 1.29 is 49.4 Å². The number of ether oxygens (including phenoxy) is 2. The van der Waals surface area contributed by atoms with Gasteiger partial charge in [-0.25, -0.2) is 4.79 Å². The SMILES string of the molecule is CCN(CC)CCOc1ccc(C(C)(O)c2ccccc2-c2ccc(OC)cc2)cc1.O=C(O)CC(O)(CC(=O)O)C(=O)O. The maximum absolute atomic E-state index is 11.5. The van der Waals surface area contributed by atoms with Crippen LogP contribution in [-0.2, 0) is 20.0 Å². The summed E-state index contributed by atoms with van der Waals surface area (Å²) in [5.41, 5.74) is -0.170. The van der Waals surface area contributed by atoms with Crippen molar-refractivity contribution in [1.82, 2.24) is 4.90 Å². The third kappa shape index (κ3) is 10.1. The molecule has 11 heteroatoms. The van der Waals surface area contributed by atoms with E-state index in [1.54, 1.807) is 7.11 Å². The van der Waals surface area contributed by atoms with Crippen molar-refractivity contribution in [2.75, 3.05) is 33.4 Å². The molecule has 238 valence electrons. The summed E-state index contributed by atoms with van der Waals surface area (Å²) in [5.74, 6) is -3.39. The lowest BCUT2D eigenvalue weighted by atomic mass is 9.83. The van der Waals surface area contributed by atoms with Crippen molar-refractivity contribution >= 4 is 17.9 Å². The minimum Gasteiger partial charge on any atom is -0.497 e. The highest BCUT2D eigenvalue weighted by atomic mass is 16.5. The highest BCUT2D eigenvalue weighted by Gasteiger charge is 2.40. The average molecular weight is 612 g/mol. The lowest BCUT2D eigenvalue weighted by molar-refractivity contribution is -0.170. The second kappa shape index (κ2) is 16.4. The van der Waals surface area contributed by atoms with Gasteiger partial charge in [0.1, 0.15) is 23.7 Å². The fourth-order valence-corrected chi connectivity index (χ4v) is 4.51. The number of nitrogens with zero attached hydrogens (tertiary/aromatic N) is 1. The van der Waals surface area contributed by atoms with E-state index in [1.165, 1.54) is 0 Å². The van der Waals surface area contributed by atoms with Crippen molar-refractivity contribution in [3.8, 4) is 22.6 Å². The van der Waals surface area contributed by atoms with Crippen LogP contribution in [0.25, 0.3) is 11.1 Å². The van der Waals surface area contributed by atoms with Gasteiger partial charge in [0.25, 0.3) is 0 Å². The van der Waals surface area contributed by atoms with Gasteiger partial charge in [0, 0.05) is 6.54 Å². The molecule has 3 aromatic carbocycles. The maximum atomic E-state index is 11.5. The van der Waals surface area contributed by atoms with Gasteiger partial charge >= 0.3 is 17.9 Å². The largest absolute Gasteiger partial charge is 0.497 e. The Morgan fingerprint density at radius 2 is 1.30 bits per heavy atom. The molecule has 3 aromatic rings. The van der Waals surface area contributed by atoms with Crippen molar-refractivity contribution in [1.29, 1.82) is 0 Å². The van der Waals surface area contributed by atoms with Gasteiger partial charge in [0.2, 0.25) is 0 Å². The average Bonchev–Trinajstić information content (AvgIpc) is 2.99. The quantitative estimate of drug-likeness (QED) is 0.167. The number of carboxylic acids is 3. The van der Waals surface area contributed by atoms with Crippen LogP contribution < -0.4 is 9.47 Å². The normalized spacial score (nSPS) is 12.4. The Morgan fingerprint density at radius 3 is 1.77 bits per heavy atom. The molecule has 11 nitrogen and oxygen atoms in total. The predicted octanol–water partition coefficient (Wildman–Crippen LogP) is 4.09. The zero-order chi connectivity index (χ0) is 32.9. The minimum atomic E-state index is -2.74. The van der Waals surface area contributed by atoms with Crippen LogP contribution in [0.5, 0.6) is 11.5 Å². The van der Waals surface area contributed by atoms with Crippen LogP contribution in [0.2, 0.25) is 0 Å². The van der Waals surface area contributed by atoms with Gasteiger partial charge in [0.05, 0.1) is 20.0 Å². The molecule has 0 saturated carbocycles. The third-order valence-electron chi connectivity index (χ3n) is 7.13. The number of methoxy groups -OCH3 is 1. The molecule has 5 N–H and O–H groups in total. The van der Waals surface area contributed by atoms with Gasteiger partial charge in [-0.05, 0) is 66.5 Å². The Kier molecular flexibility index (Phi) is 13.3. The molecule has 0 saturated heterocycles. The second-order valence-corrected chi connectivity index (χ2v) is 10.2. The van der Waals surface area contributed by atoms with E-state index in [1.807, 2.05) is 79.7 Å². The molecule has 0 heterocycles. The number of aliphatic carboxylic acids is 3. The van der Waals surface area contributed by atoms with Crippen LogP contribution in [0.4, 0.5) is 0 Å².